The first-order valence-corrected chi connectivity index (χ1v) is 10.8. The van der Waals surface area contributed by atoms with Crippen LogP contribution in [0.4, 0.5) is 0 Å². The zero-order valence-corrected chi connectivity index (χ0v) is 16.8. The van der Waals surface area contributed by atoms with Crippen LogP contribution in [0.15, 0.2) is 58.8 Å². The molecule has 2 saturated carbocycles. The number of nitrogens with one attached hydrogen (secondary N) is 2. The quantitative estimate of drug-likeness (QED) is 0.433. The molecule has 4 aliphatic rings. The second-order valence-electron chi connectivity index (χ2n) is 8.90. The Balaban J connectivity index is 1.10. The zero-order chi connectivity index (χ0) is 20.5. The standard InChI is InChI=1S/C24H26N4O2/c29-23(27-25-13-21-11-15-1-3-19(21)9-15)17-5-7-18(8-6-17)24(30)28-26-14-22-12-16-2-4-20(22)10-16/h1-8,13-16,19-22H,9-12H2,(H,27,29)(H,28,30)/b25-13+,26-14+. The highest BCUT2D eigenvalue weighted by molar-refractivity contribution is 5.98. The third kappa shape index (κ3) is 3.86. The van der Waals surface area contributed by atoms with Gasteiger partial charge in [-0.2, -0.15) is 10.2 Å². The lowest BCUT2D eigenvalue weighted by molar-refractivity contribution is 0.0943. The fraction of sp³-hybridized carbons (Fsp3) is 0.417. The molecule has 6 atom stereocenters. The summed E-state index contributed by atoms with van der Waals surface area (Å²) >= 11 is 0. The van der Waals surface area contributed by atoms with Gasteiger partial charge in [0.25, 0.3) is 11.8 Å². The van der Waals surface area contributed by atoms with Crippen molar-refractivity contribution >= 4 is 24.2 Å². The Hall–Kier alpha value is -3.02. The van der Waals surface area contributed by atoms with Gasteiger partial charge in [-0.3, -0.25) is 9.59 Å². The minimum atomic E-state index is -0.278. The molecule has 4 aliphatic carbocycles. The number of hydrogen-bond acceptors (Lipinski definition) is 4. The molecule has 6 heteroatoms. The summed E-state index contributed by atoms with van der Waals surface area (Å²) in [6.07, 6.45) is 17.4. The molecule has 6 unspecified atom stereocenters. The van der Waals surface area contributed by atoms with Gasteiger partial charge in [-0.05, 0) is 73.6 Å². The van der Waals surface area contributed by atoms with Crippen molar-refractivity contribution < 1.29 is 9.59 Å². The van der Waals surface area contributed by atoms with Gasteiger partial charge < -0.3 is 0 Å². The van der Waals surface area contributed by atoms with Crippen LogP contribution in [0.25, 0.3) is 0 Å². The molecule has 0 aliphatic heterocycles. The monoisotopic (exact) mass is 402 g/mol. The van der Waals surface area contributed by atoms with E-state index < -0.39 is 0 Å². The molecular weight excluding hydrogens is 376 g/mol. The number of hydrazone groups is 2. The smallest absolute Gasteiger partial charge is 0.267 e. The lowest BCUT2D eigenvalue weighted by Gasteiger charge is -2.12. The Bertz CT molecular complexity index is 869. The maximum Gasteiger partial charge on any atom is 0.271 e. The summed E-state index contributed by atoms with van der Waals surface area (Å²) < 4.78 is 0. The van der Waals surface area contributed by atoms with E-state index in [-0.39, 0.29) is 11.8 Å². The fourth-order valence-electron chi connectivity index (χ4n) is 5.27. The highest BCUT2D eigenvalue weighted by Crippen LogP contribution is 2.43. The van der Waals surface area contributed by atoms with E-state index in [4.69, 9.17) is 0 Å². The molecule has 1 aromatic rings. The summed E-state index contributed by atoms with van der Waals surface area (Å²) in [4.78, 5) is 24.5. The summed E-state index contributed by atoms with van der Waals surface area (Å²) in [6, 6.07) is 6.52. The van der Waals surface area contributed by atoms with E-state index in [1.54, 1.807) is 24.3 Å². The average molecular weight is 402 g/mol. The molecule has 5 rings (SSSR count). The number of carbonyl (C=O) groups is 2. The van der Waals surface area contributed by atoms with Crippen molar-refractivity contribution in [1.29, 1.82) is 0 Å². The molecule has 6 nitrogen and oxygen atoms in total. The van der Waals surface area contributed by atoms with Gasteiger partial charge in [-0.25, -0.2) is 10.9 Å². The van der Waals surface area contributed by atoms with E-state index in [9.17, 15) is 9.59 Å². The SMILES string of the molecule is O=C(N/N=C/C1CC2C=CC1C2)c1ccc(C(=O)N/N=C/C2CC3C=CC2C3)cc1. The third-order valence-corrected chi connectivity index (χ3v) is 6.93. The third-order valence-electron chi connectivity index (χ3n) is 6.93. The van der Waals surface area contributed by atoms with Crippen LogP contribution in [0.2, 0.25) is 0 Å². The fourth-order valence-corrected chi connectivity index (χ4v) is 5.27. The highest BCUT2D eigenvalue weighted by Gasteiger charge is 2.35. The molecule has 1 aromatic carbocycles. The predicted octanol–water partition coefficient (Wildman–Crippen LogP) is 3.54. The number of nitrogens with zero attached hydrogens (tertiary/aromatic N) is 2. The summed E-state index contributed by atoms with van der Waals surface area (Å²) in [5.41, 5.74) is 6.11. The van der Waals surface area contributed by atoms with Gasteiger partial charge in [0.1, 0.15) is 0 Å². The molecule has 2 amide bonds. The van der Waals surface area contributed by atoms with Crippen molar-refractivity contribution in [2.45, 2.75) is 25.7 Å². The van der Waals surface area contributed by atoms with Crippen LogP contribution in [0.5, 0.6) is 0 Å². The summed E-state index contributed by atoms with van der Waals surface area (Å²) in [5.74, 6) is 2.77. The minimum absolute atomic E-state index is 0.278. The molecule has 0 radical (unpaired) electrons. The second-order valence-corrected chi connectivity index (χ2v) is 8.90. The number of hydrogen-bond donors (Lipinski definition) is 2. The second kappa shape index (κ2) is 8.01. The Morgan fingerprint density at radius 2 is 1.13 bits per heavy atom. The number of benzene rings is 1. The summed E-state index contributed by atoms with van der Waals surface area (Å²) in [5, 5.41) is 8.28. The highest BCUT2D eigenvalue weighted by atomic mass is 16.2. The maximum absolute atomic E-state index is 12.3. The Morgan fingerprint density at radius 3 is 1.47 bits per heavy atom. The Labute approximate surface area is 176 Å². The molecular formula is C24H26N4O2. The molecule has 0 spiro atoms. The Kier molecular flexibility index (Phi) is 5.07. The number of fused-ring (bicyclic) bond motifs is 4. The number of rotatable bonds is 6. The van der Waals surface area contributed by atoms with Gasteiger partial charge in [0.15, 0.2) is 0 Å². The molecule has 0 saturated heterocycles. The first-order valence-electron chi connectivity index (χ1n) is 10.8. The van der Waals surface area contributed by atoms with Crippen molar-refractivity contribution in [2.24, 2.45) is 45.7 Å². The molecule has 0 heterocycles. The lowest BCUT2D eigenvalue weighted by atomic mass is 9.95. The van der Waals surface area contributed by atoms with Gasteiger partial charge in [0, 0.05) is 35.4 Å². The Morgan fingerprint density at radius 1 is 0.700 bits per heavy atom. The van der Waals surface area contributed by atoms with E-state index in [0.717, 1.165) is 12.8 Å². The largest absolute Gasteiger partial charge is 0.271 e. The van der Waals surface area contributed by atoms with Crippen molar-refractivity contribution in [3.05, 3.63) is 59.7 Å². The topological polar surface area (TPSA) is 82.9 Å². The van der Waals surface area contributed by atoms with Gasteiger partial charge in [-0.1, -0.05) is 24.3 Å². The van der Waals surface area contributed by atoms with Gasteiger partial charge in [0.05, 0.1) is 0 Å². The van der Waals surface area contributed by atoms with E-state index in [1.165, 1.54) is 12.8 Å². The van der Waals surface area contributed by atoms with Crippen LogP contribution in [0, 0.1) is 35.5 Å². The first kappa shape index (κ1) is 19.0. The normalized spacial score (nSPS) is 33.2. The summed E-state index contributed by atoms with van der Waals surface area (Å²) in [6.45, 7) is 0. The number of allylic oxidation sites excluding steroid dienone is 4. The van der Waals surface area contributed by atoms with Crippen molar-refractivity contribution in [2.75, 3.05) is 0 Å². The van der Waals surface area contributed by atoms with Gasteiger partial charge in [0.2, 0.25) is 0 Å². The number of carbonyl (C=O) groups excluding carboxylic acids is 2. The van der Waals surface area contributed by atoms with Crippen LogP contribution in [0.1, 0.15) is 46.4 Å². The van der Waals surface area contributed by atoms with Crippen molar-refractivity contribution in [3.63, 3.8) is 0 Å². The van der Waals surface area contributed by atoms with Crippen LogP contribution in [0.3, 0.4) is 0 Å². The zero-order valence-electron chi connectivity index (χ0n) is 16.8. The van der Waals surface area contributed by atoms with Gasteiger partial charge >= 0.3 is 0 Å². The van der Waals surface area contributed by atoms with Crippen LogP contribution >= 0.6 is 0 Å². The molecule has 4 bridgehead atoms. The van der Waals surface area contributed by atoms with E-state index >= 15 is 0 Å². The van der Waals surface area contributed by atoms with Crippen molar-refractivity contribution in [1.82, 2.24) is 10.9 Å². The first-order chi connectivity index (χ1) is 14.7. The molecule has 0 aromatic heterocycles. The summed E-state index contributed by atoms with van der Waals surface area (Å²) in [7, 11) is 0. The van der Waals surface area contributed by atoms with Crippen molar-refractivity contribution in [3.8, 4) is 0 Å². The molecule has 154 valence electrons. The van der Waals surface area contributed by atoms with E-state index in [0.29, 0.717) is 46.6 Å². The van der Waals surface area contributed by atoms with Gasteiger partial charge in [-0.15, -0.1) is 0 Å². The van der Waals surface area contributed by atoms with Crippen LogP contribution in [-0.2, 0) is 0 Å². The predicted molar refractivity (Wildman–Crippen MR) is 116 cm³/mol. The molecule has 2 fully saturated rings. The lowest BCUT2D eigenvalue weighted by Crippen LogP contribution is -2.21. The number of amides is 2. The molecule has 30 heavy (non-hydrogen) atoms. The minimum Gasteiger partial charge on any atom is -0.267 e. The van der Waals surface area contributed by atoms with E-state index in [2.05, 4.69) is 45.4 Å². The molecule has 2 N–H and O–H groups in total. The van der Waals surface area contributed by atoms with E-state index in [1.807, 2.05) is 12.4 Å². The maximum atomic E-state index is 12.3. The van der Waals surface area contributed by atoms with Crippen LogP contribution < -0.4 is 10.9 Å². The average Bonchev–Trinajstić information content (AvgIpc) is 3.56. The van der Waals surface area contributed by atoms with Crippen LogP contribution in [-0.4, -0.2) is 24.2 Å².